The summed E-state index contributed by atoms with van der Waals surface area (Å²) in [7, 11) is 0. The molecule has 22 heavy (non-hydrogen) atoms. The fraction of sp³-hybridized carbons (Fsp3) is 0.125. The van der Waals surface area contributed by atoms with E-state index in [4.69, 9.17) is 0 Å². The lowest BCUT2D eigenvalue weighted by Crippen LogP contribution is -2.20. The maximum atomic E-state index is 12.0. The van der Waals surface area contributed by atoms with Gasteiger partial charge in [0.15, 0.2) is 0 Å². The van der Waals surface area contributed by atoms with Crippen molar-refractivity contribution in [1.29, 1.82) is 0 Å². The Hall–Kier alpha value is -3.02. The number of hydrazone groups is 1. The van der Waals surface area contributed by atoms with Crippen LogP contribution < -0.4 is 5.43 Å². The van der Waals surface area contributed by atoms with Gasteiger partial charge in [-0.15, -0.1) is 0 Å². The van der Waals surface area contributed by atoms with Crippen molar-refractivity contribution in [3.05, 3.63) is 53.6 Å². The molecular formula is C16H16N2O4. The average Bonchev–Trinajstić information content (AvgIpc) is 2.51. The minimum Gasteiger partial charge on any atom is -0.508 e. The molecule has 2 aromatic rings. The van der Waals surface area contributed by atoms with Gasteiger partial charge in [-0.2, -0.15) is 5.10 Å². The van der Waals surface area contributed by atoms with Crippen molar-refractivity contribution in [1.82, 2.24) is 5.43 Å². The first kappa shape index (κ1) is 15.4. The molecule has 4 N–H and O–H groups in total. The van der Waals surface area contributed by atoms with Gasteiger partial charge >= 0.3 is 0 Å². The molecular weight excluding hydrogens is 284 g/mol. The zero-order chi connectivity index (χ0) is 16.1. The largest absolute Gasteiger partial charge is 0.508 e. The summed E-state index contributed by atoms with van der Waals surface area (Å²) in [4.78, 5) is 12.0. The molecule has 0 saturated heterocycles. The summed E-state index contributed by atoms with van der Waals surface area (Å²) >= 11 is 0. The van der Waals surface area contributed by atoms with Crippen LogP contribution in [0.5, 0.6) is 17.2 Å². The van der Waals surface area contributed by atoms with Crippen LogP contribution in [0.1, 0.15) is 29.3 Å². The van der Waals surface area contributed by atoms with Gasteiger partial charge in [0.25, 0.3) is 5.91 Å². The summed E-state index contributed by atoms with van der Waals surface area (Å²) in [5, 5.41) is 32.9. The van der Waals surface area contributed by atoms with E-state index in [0.717, 1.165) is 0 Å². The molecule has 0 unspecified atom stereocenters. The zero-order valence-corrected chi connectivity index (χ0v) is 11.9. The lowest BCUT2D eigenvalue weighted by molar-refractivity contribution is 0.0952. The number of nitrogens with one attached hydrogen (secondary N) is 1. The second kappa shape index (κ2) is 6.62. The lowest BCUT2D eigenvalue weighted by atomic mass is 10.1. The Morgan fingerprint density at radius 1 is 1.05 bits per heavy atom. The highest BCUT2D eigenvalue weighted by Crippen LogP contribution is 2.23. The predicted octanol–water partition coefficient (Wildman–Crippen LogP) is 2.35. The van der Waals surface area contributed by atoms with Crippen LogP contribution in [-0.4, -0.2) is 26.9 Å². The molecule has 0 radical (unpaired) electrons. The van der Waals surface area contributed by atoms with Crippen molar-refractivity contribution in [2.75, 3.05) is 0 Å². The Morgan fingerprint density at radius 3 is 2.41 bits per heavy atom. The normalized spacial score (nSPS) is 11.2. The van der Waals surface area contributed by atoms with Crippen LogP contribution in [0.3, 0.4) is 0 Å². The van der Waals surface area contributed by atoms with Gasteiger partial charge < -0.3 is 15.3 Å². The van der Waals surface area contributed by atoms with Gasteiger partial charge in [0, 0.05) is 5.56 Å². The zero-order valence-electron chi connectivity index (χ0n) is 11.9. The number of phenols is 3. The van der Waals surface area contributed by atoms with E-state index in [-0.39, 0.29) is 22.8 Å². The van der Waals surface area contributed by atoms with Crippen molar-refractivity contribution in [2.45, 2.75) is 13.3 Å². The molecule has 2 aromatic carbocycles. The summed E-state index contributed by atoms with van der Waals surface area (Å²) < 4.78 is 0. The number of carbonyl (C=O) groups is 1. The van der Waals surface area contributed by atoms with Gasteiger partial charge in [0.2, 0.25) is 0 Å². The molecule has 0 bridgehead atoms. The minimum atomic E-state index is -0.566. The Morgan fingerprint density at radius 2 is 1.73 bits per heavy atom. The molecule has 1 amide bonds. The summed E-state index contributed by atoms with van der Waals surface area (Å²) in [6.07, 6.45) is 0.429. The van der Waals surface area contributed by atoms with Gasteiger partial charge in [0.1, 0.15) is 17.2 Å². The molecule has 0 aliphatic carbocycles. The summed E-state index contributed by atoms with van der Waals surface area (Å²) in [5.41, 5.74) is 3.16. The second-order valence-electron chi connectivity index (χ2n) is 4.57. The molecule has 0 aromatic heterocycles. The van der Waals surface area contributed by atoms with Crippen LogP contribution in [0, 0.1) is 0 Å². The molecule has 0 atom stereocenters. The van der Waals surface area contributed by atoms with Crippen LogP contribution in [0.15, 0.2) is 47.6 Å². The van der Waals surface area contributed by atoms with Crippen LogP contribution >= 0.6 is 0 Å². The van der Waals surface area contributed by atoms with Gasteiger partial charge in [0.05, 0.1) is 11.3 Å². The Balaban J connectivity index is 2.25. The summed E-state index contributed by atoms with van der Waals surface area (Å²) in [6, 6.07) is 10.2. The topological polar surface area (TPSA) is 102 Å². The molecule has 0 heterocycles. The third-order valence-electron chi connectivity index (χ3n) is 3.07. The van der Waals surface area contributed by atoms with Crippen molar-refractivity contribution >= 4 is 11.6 Å². The van der Waals surface area contributed by atoms with Gasteiger partial charge in [-0.25, -0.2) is 5.43 Å². The maximum Gasteiger partial charge on any atom is 0.275 e. The molecule has 0 aliphatic rings. The van der Waals surface area contributed by atoms with Crippen LogP contribution in [0.25, 0.3) is 0 Å². The van der Waals surface area contributed by atoms with Gasteiger partial charge in [-0.1, -0.05) is 19.1 Å². The van der Waals surface area contributed by atoms with Crippen LogP contribution in [0.2, 0.25) is 0 Å². The Labute approximate surface area is 127 Å². The van der Waals surface area contributed by atoms with E-state index in [9.17, 15) is 20.1 Å². The van der Waals surface area contributed by atoms with Crippen molar-refractivity contribution < 1.29 is 20.1 Å². The molecule has 0 fully saturated rings. The van der Waals surface area contributed by atoms with Gasteiger partial charge in [-0.05, 0) is 36.8 Å². The minimum absolute atomic E-state index is 0.0130. The highest BCUT2D eigenvalue weighted by Gasteiger charge is 2.12. The van der Waals surface area contributed by atoms with Crippen LogP contribution in [-0.2, 0) is 0 Å². The van der Waals surface area contributed by atoms with E-state index in [1.165, 1.54) is 30.3 Å². The number of carbonyl (C=O) groups excluding carboxylic acids is 1. The predicted molar refractivity (Wildman–Crippen MR) is 82.2 cm³/mol. The third-order valence-corrected chi connectivity index (χ3v) is 3.07. The van der Waals surface area contributed by atoms with Crippen LogP contribution in [0.4, 0.5) is 0 Å². The first-order chi connectivity index (χ1) is 10.5. The van der Waals surface area contributed by atoms with E-state index in [1.807, 2.05) is 0 Å². The van der Waals surface area contributed by atoms with E-state index < -0.39 is 5.91 Å². The number of hydrogen-bond acceptors (Lipinski definition) is 5. The van der Waals surface area contributed by atoms with E-state index in [1.54, 1.807) is 19.1 Å². The molecule has 114 valence electrons. The average molecular weight is 300 g/mol. The maximum absolute atomic E-state index is 12.0. The number of para-hydroxylation sites is 1. The number of rotatable bonds is 4. The lowest BCUT2D eigenvalue weighted by Gasteiger charge is -2.08. The quantitative estimate of drug-likeness (QED) is 0.395. The first-order valence-electron chi connectivity index (χ1n) is 6.70. The first-order valence-corrected chi connectivity index (χ1v) is 6.70. The molecule has 0 aliphatic heterocycles. The Kier molecular flexibility index (Phi) is 4.63. The second-order valence-corrected chi connectivity index (χ2v) is 4.57. The van der Waals surface area contributed by atoms with Gasteiger partial charge in [-0.3, -0.25) is 4.79 Å². The SMILES string of the molecule is CCC(=NNC(=O)c1ccccc1O)c1cc(O)ccc1O. The molecule has 0 saturated carbocycles. The number of aromatic hydroxyl groups is 3. The number of nitrogens with zero attached hydrogens (tertiary/aromatic N) is 1. The summed E-state index contributed by atoms with van der Waals surface area (Å²) in [6.45, 7) is 1.80. The number of benzene rings is 2. The van der Waals surface area contributed by atoms with Crippen molar-refractivity contribution in [3.63, 3.8) is 0 Å². The number of phenolic OH excluding ortho intramolecular Hbond substituents is 3. The third kappa shape index (κ3) is 3.35. The smallest absolute Gasteiger partial charge is 0.275 e. The van der Waals surface area contributed by atoms with Crippen molar-refractivity contribution in [3.8, 4) is 17.2 Å². The van der Waals surface area contributed by atoms with E-state index in [0.29, 0.717) is 17.7 Å². The summed E-state index contributed by atoms with van der Waals surface area (Å²) in [5.74, 6) is -0.770. The monoisotopic (exact) mass is 300 g/mol. The molecule has 2 rings (SSSR count). The van der Waals surface area contributed by atoms with E-state index >= 15 is 0 Å². The number of amides is 1. The highest BCUT2D eigenvalue weighted by molar-refractivity contribution is 6.04. The highest BCUT2D eigenvalue weighted by atomic mass is 16.3. The van der Waals surface area contributed by atoms with Crippen molar-refractivity contribution in [2.24, 2.45) is 5.10 Å². The molecule has 6 nitrogen and oxygen atoms in total. The van der Waals surface area contributed by atoms with E-state index in [2.05, 4.69) is 10.5 Å². The Bertz CT molecular complexity index is 726. The molecule has 6 heteroatoms. The fourth-order valence-electron chi connectivity index (χ4n) is 1.93. The molecule has 0 spiro atoms. The fourth-order valence-corrected chi connectivity index (χ4v) is 1.93. The number of hydrogen-bond donors (Lipinski definition) is 4. The standard InChI is InChI=1S/C16H16N2O4/c1-2-13(12-9-10(19)7-8-15(12)21)17-18-16(22)11-5-3-4-6-14(11)20/h3-9,19-21H,2H2,1H3,(H,18,22).